The summed E-state index contributed by atoms with van der Waals surface area (Å²) in [7, 11) is 0. The number of aromatic nitrogens is 1. The van der Waals surface area contributed by atoms with Crippen molar-refractivity contribution in [3.63, 3.8) is 0 Å². The summed E-state index contributed by atoms with van der Waals surface area (Å²) < 4.78 is 0.963. The Hall–Kier alpha value is -2.69. The van der Waals surface area contributed by atoms with E-state index in [0.29, 0.717) is 6.54 Å². The zero-order valence-electron chi connectivity index (χ0n) is 13.6. The second-order valence-electron chi connectivity index (χ2n) is 5.89. The molecule has 1 aliphatic rings. The minimum atomic E-state index is -0.684. The minimum absolute atomic E-state index is 0.154. The van der Waals surface area contributed by atoms with E-state index in [-0.39, 0.29) is 29.7 Å². The molecule has 0 spiro atoms. The van der Waals surface area contributed by atoms with Crippen LogP contribution in [0.2, 0.25) is 0 Å². The molecule has 0 aromatic carbocycles. The van der Waals surface area contributed by atoms with E-state index in [1.165, 1.54) is 0 Å². The number of hydrogen-bond donors (Lipinski definition) is 0. The molecule has 1 aliphatic carbocycles. The van der Waals surface area contributed by atoms with Crippen LogP contribution in [0.25, 0.3) is 0 Å². The molecule has 24 heavy (non-hydrogen) atoms. The summed E-state index contributed by atoms with van der Waals surface area (Å²) in [5, 5.41) is 19.9. The van der Waals surface area contributed by atoms with Crippen LogP contribution in [0, 0.1) is 21.4 Å². The summed E-state index contributed by atoms with van der Waals surface area (Å²) in [5.74, 6) is -0.254. The summed E-state index contributed by atoms with van der Waals surface area (Å²) in [6.07, 6.45) is 6.21. The van der Waals surface area contributed by atoms with Crippen molar-refractivity contribution in [2.45, 2.75) is 51.6 Å². The van der Waals surface area contributed by atoms with Crippen LogP contribution in [0.15, 0.2) is 17.1 Å². The van der Waals surface area contributed by atoms with Crippen LogP contribution in [-0.2, 0) is 11.3 Å². The summed E-state index contributed by atoms with van der Waals surface area (Å²) in [4.78, 5) is 36.7. The number of rotatable bonds is 5. The van der Waals surface area contributed by atoms with Gasteiger partial charge in [-0.05, 0) is 19.8 Å². The predicted molar refractivity (Wildman–Crippen MR) is 86.3 cm³/mol. The van der Waals surface area contributed by atoms with Gasteiger partial charge in [-0.3, -0.25) is 24.3 Å². The molecular weight excluding hydrogens is 312 g/mol. The van der Waals surface area contributed by atoms with Crippen LogP contribution in [0.5, 0.6) is 0 Å². The molecule has 2 rings (SSSR count). The Labute approximate surface area is 139 Å². The Morgan fingerprint density at radius 2 is 2.12 bits per heavy atom. The van der Waals surface area contributed by atoms with Gasteiger partial charge >= 0.3 is 0 Å². The summed E-state index contributed by atoms with van der Waals surface area (Å²) in [6.45, 7) is 2.11. The number of carbonyl (C=O) groups excluding carboxylic acids is 1. The Balaban J connectivity index is 2.27. The second kappa shape index (κ2) is 7.73. The number of pyridine rings is 1. The zero-order valence-corrected chi connectivity index (χ0v) is 13.6. The van der Waals surface area contributed by atoms with Gasteiger partial charge < -0.3 is 4.90 Å². The number of likely N-dealkylation sites (N-methyl/N-ethyl adjacent to an activating group) is 1. The van der Waals surface area contributed by atoms with Gasteiger partial charge in [-0.25, -0.2) is 0 Å². The van der Waals surface area contributed by atoms with Gasteiger partial charge in [-0.1, -0.05) is 19.3 Å². The third-order valence-electron chi connectivity index (χ3n) is 4.38. The molecule has 1 fully saturated rings. The van der Waals surface area contributed by atoms with Crippen molar-refractivity contribution in [1.82, 2.24) is 9.47 Å². The predicted octanol–water partition coefficient (Wildman–Crippen LogP) is 1.81. The Morgan fingerprint density at radius 3 is 2.67 bits per heavy atom. The SMILES string of the molecule is CCN(C(=O)Cn1cc([N+](=O)[O-])cc(C#N)c1=O)C1CCCCC1. The van der Waals surface area contributed by atoms with E-state index in [4.69, 9.17) is 5.26 Å². The minimum Gasteiger partial charge on any atom is -0.338 e. The lowest BCUT2D eigenvalue weighted by Crippen LogP contribution is -2.44. The molecule has 8 heteroatoms. The summed E-state index contributed by atoms with van der Waals surface area (Å²) in [5.41, 5.74) is -1.39. The summed E-state index contributed by atoms with van der Waals surface area (Å²) >= 11 is 0. The molecule has 1 amide bonds. The van der Waals surface area contributed by atoms with Gasteiger partial charge in [0, 0.05) is 18.7 Å². The maximum absolute atomic E-state index is 12.6. The van der Waals surface area contributed by atoms with Crippen LogP contribution in [0.1, 0.15) is 44.6 Å². The zero-order chi connectivity index (χ0) is 17.7. The van der Waals surface area contributed by atoms with Crippen molar-refractivity contribution >= 4 is 11.6 Å². The van der Waals surface area contributed by atoms with Crippen LogP contribution >= 0.6 is 0 Å². The van der Waals surface area contributed by atoms with E-state index >= 15 is 0 Å². The standard InChI is InChI=1S/C16H20N4O4/c1-2-19(13-6-4-3-5-7-13)15(21)11-18-10-14(20(23)24)8-12(9-17)16(18)22/h8,10,13H,2-7,11H2,1H3. The van der Waals surface area contributed by atoms with Crippen molar-refractivity contribution in [2.75, 3.05) is 6.54 Å². The number of carbonyl (C=O) groups is 1. The molecule has 0 radical (unpaired) electrons. The maximum atomic E-state index is 12.6. The molecule has 1 aromatic rings. The third kappa shape index (κ3) is 3.79. The highest BCUT2D eigenvalue weighted by molar-refractivity contribution is 5.76. The average Bonchev–Trinajstić information content (AvgIpc) is 2.58. The highest BCUT2D eigenvalue weighted by Crippen LogP contribution is 2.22. The number of amides is 1. The monoisotopic (exact) mass is 332 g/mol. The van der Waals surface area contributed by atoms with Gasteiger partial charge in [0.1, 0.15) is 18.2 Å². The van der Waals surface area contributed by atoms with E-state index in [2.05, 4.69) is 0 Å². The molecular formula is C16H20N4O4. The van der Waals surface area contributed by atoms with Crippen molar-refractivity contribution in [3.05, 3.63) is 38.3 Å². The highest BCUT2D eigenvalue weighted by Gasteiger charge is 2.25. The molecule has 0 aliphatic heterocycles. The van der Waals surface area contributed by atoms with Gasteiger partial charge in [0.2, 0.25) is 5.91 Å². The van der Waals surface area contributed by atoms with E-state index < -0.39 is 10.5 Å². The average molecular weight is 332 g/mol. The lowest BCUT2D eigenvalue weighted by molar-refractivity contribution is -0.385. The van der Waals surface area contributed by atoms with Crippen molar-refractivity contribution in [3.8, 4) is 6.07 Å². The normalized spacial score (nSPS) is 14.8. The molecule has 1 saturated carbocycles. The highest BCUT2D eigenvalue weighted by atomic mass is 16.6. The smallest absolute Gasteiger partial charge is 0.287 e. The number of nitro groups is 1. The van der Waals surface area contributed by atoms with Gasteiger partial charge in [0.25, 0.3) is 11.2 Å². The number of nitrogens with zero attached hydrogens (tertiary/aromatic N) is 4. The fraction of sp³-hybridized carbons (Fsp3) is 0.562. The maximum Gasteiger partial charge on any atom is 0.287 e. The van der Waals surface area contributed by atoms with E-state index in [0.717, 1.165) is 48.9 Å². The Kier molecular flexibility index (Phi) is 5.68. The molecule has 0 unspecified atom stereocenters. The first kappa shape index (κ1) is 17.7. The van der Waals surface area contributed by atoms with Gasteiger partial charge in [0.15, 0.2) is 0 Å². The second-order valence-corrected chi connectivity index (χ2v) is 5.89. The first-order valence-corrected chi connectivity index (χ1v) is 8.06. The van der Waals surface area contributed by atoms with E-state index in [1.807, 2.05) is 6.92 Å². The largest absolute Gasteiger partial charge is 0.338 e. The third-order valence-corrected chi connectivity index (χ3v) is 4.38. The van der Waals surface area contributed by atoms with Crippen LogP contribution in [0.4, 0.5) is 5.69 Å². The number of hydrogen-bond acceptors (Lipinski definition) is 5. The van der Waals surface area contributed by atoms with Crippen LogP contribution < -0.4 is 5.56 Å². The Morgan fingerprint density at radius 1 is 1.46 bits per heavy atom. The van der Waals surface area contributed by atoms with E-state index in [1.54, 1.807) is 11.0 Å². The van der Waals surface area contributed by atoms with Gasteiger partial charge in [0.05, 0.1) is 11.1 Å². The molecule has 1 heterocycles. The first-order valence-electron chi connectivity index (χ1n) is 8.06. The molecule has 0 atom stereocenters. The molecule has 0 N–H and O–H groups in total. The fourth-order valence-electron chi connectivity index (χ4n) is 3.18. The van der Waals surface area contributed by atoms with Crippen LogP contribution in [-0.4, -0.2) is 32.9 Å². The summed E-state index contributed by atoms with van der Waals surface area (Å²) in [6, 6.07) is 2.73. The quantitative estimate of drug-likeness (QED) is 0.603. The fourth-order valence-corrected chi connectivity index (χ4v) is 3.18. The Bertz CT molecular complexity index is 729. The van der Waals surface area contributed by atoms with Gasteiger partial charge in [-0.15, -0.1) is 0 Å². The molecule has 128 valence electrons. The van der Waals surface area contributed by atoms with Crippen LogP contribution in [0.3, 0.4) is 0 Å². The lowest BCUT2D eigenvalue weighted by atomic mass is 9.94. The molecule has 8 nitrogen and oxygen atoms in total. The van der Waals surface area contributed by atoms with Crippen molar-refractivity contribution in [1.29, 1.82) is 5.26 Å². The van der Waals surface area contributed by atoms with Crippen molar-refractivity contribution < 1.29 is 9.72 Å². The lowest BCUT2D eigenvalue weighted by Gasteiger charge is -2.33. The topological polar surface area (TPSA) is 109 Å². The van der Waals surface area contributed by atoms with E-state index in [9.17, 15) is 19.7 Å². The van der Waals surface area contributed by atoms with Crippen molar-refractivity contribution in [2.24, 2.45) is 0 Å². The molecule has 0 saturated heterocycles. The molecule has 1 aromatic heterocycles. The first-order chi connectivity index (χ1) is 11.5. The van der Waals surface area contributed by atoms with Gasteiger partial charge in [-0.2, -0.15) is 5.26 Å². The molecule has 0 bridgehead atoms. The number of nitriles is 1.